The van der Waals surface area contributed by atoms with Gasteiger partial charge < -0.3 is 15.4 Å². The second-order valence-electron chi connectivity index (χ2n) is 5.20. The van der Waals surface area contributed by atoms with Crippen LogP contribution < -0.4 is 5.73 Å². The number of amides is 2. The first kappa shape index (κ1) is 12.0. The molecule has 3 atom stereocenters. The summed E-state index contributed by atoms with van der Waals surface area (Å²) >= 11 is 0. The molecule has 1 aromatic carbocycles. The monoisotopic (exact) mass is 260 g/mol. The van der Waals surface area contributed by atoms with E-state index in [2.05, 4.69) is 0 Å². The van der Waals surface area contributed by atoms with Gasteiger partial charge in [0, 0.05) is 19.0 Å². The van der Waals surface area contributed by atoms with Crippen molar-refractivity contribution >= 4 is 12.0 Å². The Labute approximate surface area is 111 Å². The summed E-state index contributed by atoms with van der Waals surface area (Å²) in [4.78, 5) is 24.6. The average Bonchev–Trinajstić information content (AvgIpc) is 2.93. The van der Waals surface area contributed by atoms with E-state index in [4.69, 9.17) is 10.5 Å². The minimum absolute atomic E-state index is 0.0295. The fourth-order valence-electron chi connectivity index (χ4n) is 2.91. The molecule has 100 valence electrons. The Bertz CT molecular complexity index is 491. The first-order valence-electron chi connectivity index (χ1n) is 6.42. The van der Waals surface area contributed by atoms with Crippen LogP contribution >= 0.6 is 0 Å². The number of benzene rings is 1. The Morgan fingerprint density at radius 2 is 1.84 bits per heavy atom. The van der Waals surface area contributed by atoms with Crippen molar-refractivity contribution in [2.75, 3.05) is 13.1 Å². The van der Waals surface area contributed by atoms with E-state index < -0.39 is 0 Å². The molecule has 0 bridgehead atoms. The second kappa shape index (κ2) is 4.57. The highest BCUT2D eigenvalue weighted by Gasteiger charge is 2.59. The predicted molar refractivity (Wildman–Crippen MR) is 67.9 cm³/mol. The molecule has 1 heterocycles. The third kappa shape index (κ3) is 2.28. The summed E-state index contributed by atoms with van der Waals surface area (Å²) in [5, 5.41) is 0. The SMILES string of the molecule is NC(=O)[C@@H]1[C@@H]2CN(C(=O)OCc3ccccc3)C[C@@H]21. The van der Waals surface area contributed by atoms with Crippen LogP contribution in [0.2, 0.25) is 0 Å². The Hall–Kier alpha value is -2.04. The lowest BCUT2D eigenvalue weighted by Gasteiger charge is -2.18. The van der Waals surface area contributed by atoms with Crippen LogP contribution in [-0.4, -0.2) is 30.0 Å². The number of carbonyl (C=O) groups is 2. The van der Waals surface area contributed by atoms with Crippen molar-refractivity contribution in [3.05, 3.63) is 35.9 Å². The maximum atomic E-state index is 11.8. The summed E-state index contributed by atoms with van der Waals surface area (Å²) in [5.74, 6) is 0.231. The molecule has 3 rings (SSSR count). The Morgan fingerprint density at radius 1 is 1.21 bits per heavy atom. The average molecular weight is 260 g/mol. The van der Waals surface area contributed by atoms with Gasteiger partial charge in [-0.15, -0.1) is 0 Å². The maximum absolute atomic E-state index is 11.8. The zero-order valence-corrected chi connectivity index (χ0v) is 10.5. The Morgan fingerprint density at radius 3 is 2.42 bits per heavy atom. The van der Waals surface area contributed by atoms with Crippen LogP contribution in [0.3, 0.4) is 0 Å². The van der Waals surface area contributed by atoms with Crippen LogP contribution in [-0.2, 0) is 16.1 Å². The lowest BCUT2D eigenvalue weighted by molar-refractivity contribution is -0.120. The van der Waals surface area contributed by atoms with Gasteiger partial charge in [-0.1, -0.05) is 30.3 Å². The molecule has 2 amide bonds. The molecule has 2 N–H and O–H groups in total. The number of hydrogen-bond acceptors (Lipinski definition) is 3. The number of nitrogens with zero attached hydrogens (tertiary/aromatic N) is 1. The Kier molecular flexibility index (Phi) is 2.89. The zero-order chi connectivity index (χ0) is 13.4. The van der Waals surface area contributed by atoms with E-state index in [1.165, 1.54) is 0 Å². The van der Waals surface area contributed by atoms with Crippen molar-refractivity contribution in [2.45, 2.75) is 6.61 Å². The van der Waals surface area contributed by atoms with Crippen LogP contribution in [0.4, 0.5) is 4.79 Å². The summed E-state index contributed by atoms with van der Waals surface area (Å²) in [6.07, 6.45) is -0.306. The van der Waals surface area contributed by atoms with E-state index in [0.29, 0.717) is 13.1 Å². The van der Waals surface area contributed by atoms with Crippen molar-refractivity contribution in [2.24, 2.45) is 23.5 Å². The Balaban J connectivity index is 1.47. The molecule has 2 aliphatic rings. The summed E-state index contributed by atoms with van der Waals surface area (Å²) in [7, 11) is 0. The zero-order valence-electron chi connectivity index (χ0n) is 10.5. The number of ether oxygens (including phenoxy) is 1. The fraction of sp³-hybridized carbons (Fsp3) is 0.429. The molecule has 1 aliphatic carbocycles. The minimum atomic E-state index is -0.306. The number of fused-ring (bicyclic) bond motifs is 1. The number of piperidine rings is 1. The summed E-state index contributed by atoms with van der Waals surface area (Å²) in [5.41, 5.74) is 6.24. The van der Waals surface area contributed by atoms with E-state index in [-0.39, 0.29) is 36.4 Å². The lowest BCUT2D eigenvalue weighted by atomic mass is 10.2. The quantitative estimate of drug-likeness (QED) is 0.880. The number of rotatable bonds is 3. The molecule has 0 aromatic heterocycles. The number of hydrogen-bond donors (Lipinski definition) is 1. The smallest absolute Gasteiger partial charge is 0.410 e. The molecule has 5 nitrogen and oxygen atoms in total. The van der Waals surface area contributed by atoms with E-state index in [0.717, 1.165) is 5.56 Å². The topological polar surface area (TPSA) is 72.6 Å². The largest absolute Gasteiger partial charge is 0.445 e. The van der Waals surface area contributed by atoms with Crippen molar-refractivity contribution < 1.29 is 14.3 Å². The van der Waals surface area contributed by atoms with Gasteiger partial charge in [-0.05, 0) is 17.4 Å². The molecular weight excluding hydrogens is 244 g/mol. The first-order valence-corrected chi connectivity index (χ1v) is 6.42. The molecule has 19 heavy (non-hydrogen) atoms. The highest BCUT2D eigenvalue weighted by molar-refractivity contribution is 5.81. The summed E-state index contributed by atoms with van der Waals surface area (Å²) in [6, 6.07) is 9.57. The van der Waals surface area contributed by atoms with Crippen LogP contribution in [0.5, 0.6) is 0 Å². The van der Waals surface area contributed by atoms with Gasteiger partial charge in [0.1, 0.15) is 6.61 Å². The van der Waals surface area contributed by atoms with Crippen molar-refractivity contribution in [3.8, 4) is 0 Å². The van der Waals surface area contributed by atoms with Gasteiger partial charge in [-0.3, -0.25) is 4.79 Å². The van der Waals surface area contributed by atoms with Gasteiger partial charge in [-0.2, -0.15) is 0 Å². The van der Waals surface area contributed by atoms with Crippen LogP contribution in [0.1, 0.15) is 5.56 Å². The lowest BCUT2D eigenvalue weighted by Crippen LogP contribution is -2.34. The predicted octanol–water partition coefficient (Wildman–Crippen LogP) is 0.986. The van der Waals surface area contributed by atoms with E-state index >= 15 is 0 Å². The third-order valence-electron chi connectivity index (χ3n) is 3.99. The number of primary amides is 1. The summed E-state index contributed by atoms with van der Waals surface area (Å²) in [6.45, 7) is 1.46. The molecule has 1 aromatic rings. The molecule has 1 saturated carbocycles. The standard InChI is InChI=1S/C14H16N2O3/c15-13(17)12-10-6-16(7-11(10)12)14(18)19-8-9-4-2-1-3-5-9/h1-5,10-12H,6-8H2,(H2,15,17)/t10-,11+,12-. The van der Waals surface area contributed by atoms with E-state index in [9.17, 15) is 9.59 Å². The molecule has 0 radical (unpaired) electrons. The number of nitrogens with two attached hydrogens (primary N) is 1. The molecule has 0 spiro atoms. The van der Waals surface area contributed by atoms with Gasteiger partial charge in [0.25, 0.3) is 0 Å². The third-order valence-corrected chi connectivity index (χ3v) is 3.99. The molecule has 1 aliphatic heterocycles. The molecule has 1 saturated heterocycles. The van der Waals surface area contributed by atoms with Crippen LogP contribution in [0.25, 0.3) is 0 Å². The normalized spacial score (nSPS) is 27.8. The van der Waals surface area contributed by atoms with Gasteiger partial charge in [0.15, 0.2) is 0 Å². The summed E-state index contributed by atoms with van der Waals surface area (Å²) < 4.78 is 5.25. The molecule has 0 unspecified atom stereocenters. The van der Waals surface area contributed by atoms with Crippen molar-refractivity contribution in [3.63, 3.8) is 0 Å². The molecule has 5 heteroatoms. The highest BCUT2D eigenvalue weighted by atomic mass is 16.6. The molecular formula is C14H16N2O3. The van der Waals surface area contributed by atoms with Gasteiger partial charge >= 0.3 is 6.09 Å². The molecule has 2 fully saturated rings. The number of carbonyl (C=O) groups excluding carboxylic acids is 2. The van der Waals surface area contributed by atoms with Gasteiger partial charge in [-0.25, -0.2) is 4.79 Å². The van der Waals surface area contributed by atoms with Crippen LogP contribution in [0, 0.1) is 17.8 Å². The van der Waals surface area contributed by atoms with E-state index in [1.54, 1.807) is 4.90 Å². The number of likely N-dealkylation sites (tertiary alicyclic amines) is 1. The van der Waals surface area contributed by atoms with Crippen molar-refractivity contribution in [1.82, 2.24) is 4.90 Å². The van der Waals surface area contributed by atoms with Gasteiger partial charge in [0.05, 0.1) is 0 Å². The van der Waals surface area contributed by atoms with Crippen LogP contribution in [0.15, 0.2) is 30.3 Å². The van der Waals surface area contributed by atoms with Gasteiger partial charge in [0.2, 0.25) is 5.91 Å². The van der Waals surface area contributed by atoms with E-state index in [1.807, 2.05) is 30.3 Å². The minimum Gasteiger partial charge on any atom is -0.445 e. The first-order chi connectivity index (χ1) is 9.16. The maximum Gasteiger partial charge on any atom is 0.410 e. The fourth-order valence-corrected chi connectivity index (χ4v) is 2.91. The highest BCUT2D eigenvalue weighted by Crippen LogP contribution is 2.51. The second-order valence-corrected chi connectivity index (χ2v) is 5.20. The van der Waals surface area contributed by atoms with Crippen molar-refractivity contribution in [1.29, 1.82) is 0 Å².